The lowest BCUT2D eigenvalue weighted by molar-refractivity contribution is -0.156. The fourth-order valence-corrected chi connectivity index (χ4v) is 12.1. The number of amides is 1. The Bertz CT molecular complexity index is 1530. The summed E-state index contributed by atoms with van der Waals surface area (Å²) in [4.78, 5) is 13.8. The zero-order valence-electron chi connectivity index (χ0n) is 26.5. The number of H-pyrrole nitrogens is 3. The minimum atomic E-state index is 0.00138. The van der Waals surface area contributed by atoms with Crippen LogP contribution < -0.4 is 11.1 Å². The Kier molecular flexibility index (Phi) is 5.99. The van der Waals surface area contributed by atoms with Gasteiger partial charge in [0, 0.05) is 28.7 Å². The summed E-state index contributed by atoms with van der Waals surface area (Å²) in [6, 6.07) is 1.80. The van der Waals surface area contributed by atoms with E-state index in [1.807, 2.05) is 0 Å². The molecule has 7 nitrogen and oxygen atoms in total. The molecule has 2 aromatic rings. The molecule has 8 atom stereocenters. The Morgan fingerprint density at radius 3 is 2.52 bits per heavy atom. The Labute approximate surface area is 255 Å². The number of carbonyl (C=O) groups is 1. The van der Waals surface area contributed by atoms with Crippen LogP contribution in [0.3, 0.4) is 0 Å². The smallest absolute Gasteiger partial charge is 0.228 e. The van der Waals surface area contributed by atoms with Crippen molar-refractivity contribution in [3.63, 3.8) is 0 Å². The first-order valence-corrected chi connectivity index (χ1v) is 16.6. The number of allylic oxidation sites excluding steroid dienone is 2. The van der Waals surface area contributed by atoms with E-state index in [1.54, 1.807) is 11.6 Å². The Morgan fingerprint density at radius 2 is 1.81 bits per heavy atom. The van der Waals surface area contributed by atoms with Gasteiger partial charge in [0.1, 0.15) is 16.3 Å². The molecule has 1 amide bonds. The third kappa shape index (κ3) is 3.72. The van der Waals surface area contributed by atoms with E-state index < -0.39 is 0 Å². The van der Waals surface area contributed by atoms with Gasteiger partial charge >= 0.3 is 0 Å². The number of aromatic nitrogens is 4. The summed E-state index contributed by atoms with van der Waals surface area (Å²) in [6.45, 7) is 17.4. The Balaban J connectivity index is 1.25. The highest BCUT2D eigenvalue weighted by atomic mass is 32.1. The van der Waals surface area contributed by atoms with E-state index in [4.69, 9.17) is 18.0 Å². The van der Waals surface area contributed by atoms with Crippen LogP contribution in [0.5, 0.6) is 0 Å². The average molecular weight is 591 g/mol. The van der Waals surface area contributed by atoms with Crippen molar-refractivity contribution < 1.29 is 4.79 Å². The van der Waals surface area contributed by atoms with Crippen LogP contribution in [0, 0.1) is 55.9 Å². The van der Waals surface area contributed by atoms with Crippen LogP contribution in [-0.2, 0) is 16.6 Å². The van der Waals surface area contributed by atoms with Crippen molar-refractivity contribution in [1.82, 2.24) is 20.4 Å². The molecule has 3 saturated carbocycles. The third-order valence-electron chi connectivity index (χ3n) is 13.9. The number of nitrogens with one attached hydrogen (secondary N) is 4. The van der Waals surface area contributed by atoms with Gasteiger partial charge in [-0.25, -0.2) is 0 Å². The first-order chi connectivity index (χ1) is 19.6. The summed E-state index contributed by atoms with van der Waals surface area (Å²) in [5.74, 6) is 3.51. The second kappa shape index (κ2) is 8.86. The maximum Gasteiger partial charge on any atom is 0.228 e. The standard InChI is InChI=1S/C34H50N6OS/c1-30(2)15-19-18(20(16-30)29(41)36-25-14-26(42)38-37-25)10-12-33(6)22(19)8-9-24-32(5)17-21-27(39-40-28(21)35)31(3,4)23(32)11-13-34(24,33)7/h8,14,18-20,23-24H,9-13,15-17H2,1-7H3,(H3,35,39,40)(H3,36,37,38,41,42)/t18-,19?,20+,23?,24?,32-,33+,34+/m0/s1. The van der Waals surface area contributed by atoms with Crippen LogP contribution >= 0.6 is 12.2 Å². The molecule has 5 aliphatic carbocycles. The second-order valence-electron chi connectivity index (χ2n) is 16.8. The molecule has 2 heterocycles. The van der Waals surface area contributed by atoms with Crippen molar-refractivity contribution in [2.45, 2.75) is 105 Å². The molecule has 0 aromatic carbocycles. The van der Waals surface area contributed by atoms with Gasteiger partial charge in [0.15, 0.2) is 0 Å². The van der Waals surface area contributed by atoms with Crippen LogP contribution in [0.25, 0.3) is 0 Å². The van der Waals surface area contributed by atoms with Crippen molar-refractivity contribution in [2.75, 3.05) is 11.1 Å². The van der Waals surface area contributed by atoms with Crippen molar-refractivity contribution in [3.8, 4) is 0 Å². The number of hydrogen-bond acceptors (Lipinski definition) is 4. The highest BCUT2D eigenvalue weighted by Crippen LogP contribution is 2.74. The van der Waals surface area contributed by atoms with Gasteiger partial charge in [-0.05, 0) is 96.7 Å². The monoisotopic (exact) mass is 590 g/mol. The number of nitrogens with two attached hydrogens (primary N) is 1. The molecule has 8 heteroatoms. The minimum Gasteiger partial charge on any atom is -0.382 e. The molecule has 0 aliphatic heterocycles. The molecule has 42 heavy (non-hydrogen) atoms. The number of rotatable bonds is 2. The molecule has 0 spiro atoms. The predicted molar refractivity (Wildman–Crippen MR) is 170 cm³/mol. The normalized spacial score (nSPS) is 41.3. The maximum absolute atomic E-state index is 13.8. The topological polar surface area (TPSA) is 115 Å². The van der Waals surface area contributed by atoms with E-state index in [1.165, 1.54) is 24.1 Å². The molecule has 6 N–H and O–H groups in total. The summed E-state index contributed by atoms with van der Waals surface area (Å²) in [5, 5.41) is 16.9. The van der Waals surface area contributed by atoms with Gasteiger partial charge in [0.2, 0.25) is 5.91 Å². The molecular weight excluding hydrogens is 540 g/mol. The fourth-order valence-electron chi connectivity index (χ4n) is 11.9. The van der Waals surface area contributed by atoms with Crippen LogP contribution in [0.15, 0.2) is 17.7 Å². The van der Waals surface area contributed by atoms with Gasteiger partial charge in [-0.3, -0.25) is 20.1 Å². The summed E-state index contributed by atoms with van der Waals surface area (Å²) < 4.78 is 0.604. The number of fused-ring (bicyclic) bond motifs is 8. The summed E-state index contributed by atoms with van der Waals surface area (Å²) in [5.41, 5.74) is 11.3. The Hall–Kier alpha value is -2.35. The van der Waals surface area contributed by atoms with Crippen molar-refractivity contribution in [3.05, 3.63) is 33.6 Å². The minimum absolute atomic E-state index is 0.00138. The molecular formula is C34H50N6OS. The number of carbonyl (C=O) groups excluding carboxylic acids is 1. The van der Waals surface area contributed by atoms with E-state index >= 15 is 0 Å². The van der Waals surface area contributed by atoms with Gasteiger partial charge in [0.25, 0.3) is 0 Å². The SMILES string of the molecule is CC1(C)CC2C3=CCC4[C@@]5(C)Cc6c(N)n[nH]c6C(C)(C)C5CC[C@@]4(C)[C@]3(C)CC[C@@H]2[C@H](C(=O)Nc2cc(=S)[nH][nH]2)C1. The van der Waals surface area contributed by atoms with Gasteiger partial charge < -0.3 is 11.1 Å². The summed E-state index contributed by atoms with van der Waals surface area (Å²) >= 11 is 5.23. The fraction of sp³-hybridized carbons (Fsp3) is 0.735. The van der Waals surface area contributed by atoms with Crippen LogP contribution in [0.2, 0.25) is 0 Å². The Morgan fingerprint density at radius 1 is 1.05 bits per heavy atom. The van der Waals surface area contributed by atoms with Crippen LogP contribution in [0.4, 0.5) is 11.6 Å². The number of nitrogens with zero attached hydrogens (tertiary/aromatic N) is 1. The first kappa shape index (κ1) is 28.4. The van der Waals surface area contributed by atoms with Gasteiger partial charge in [-0.1, -0.05) is 72.3 Å². The van der Waals surface area contributed by atoms with E-state index in [-0.39, 0.29) is 38.9 Å². The quantitative estimate of drug-likeness (QED) is 0.182. The van der Waals surface area contributed by atoms with Crippen molar-refractivity contribution in [2.24, 2.45) is 51.2 Å². The zero-order valence-corrected chi connectivity index (χ0v) is 27.4. The molecule has 5 aliphatic rings. The van der Waals surface area contributed by atoms with Crippen molar-refractivity contribution in [1.29, 1.82) is 0 Å². The van der Waals surface area contributed by atoms with E-state index in [0.29, 0.717) is 39.9 Å². The maximum atomic E-state index is 13.8. The van der Waals surface area contributed by atoms with Gasteiger partial charge in [-0.15, -0.1) is 0 Å². The van der Waals surface area contributed by atoms with E-state index in [9.17, 15) is 4.79 Å². The molecule has 0 radical (unpaired) electrons. The van der Waals surface area contributed by atoms with Crippen LogP contribution in [-0.4, -0.2) is 26.3 Å². The number of anilines is 2. The van der Waals surface area contributed by atoms with Gasteiger partial charge in [0.05, 0.1) is 0 Å². The molecule has 3 fully saturated rings. The zero-order chi connectivity index (χ0) is 30.0. The lowest BCUT2D eigenvalue weighted by Gasteiger charge is -2.70. The average Bonchev–Trinajstić information content (AvgIpc) is 3.48. The highest BCUT2D eigenvalue weighted by molar-refractivity contribution is 7.71. The molecule has 0 saturated heterocycles. The predicted octanol–water partition coefficient (Wildman–Crippen LogP) is 7.69. The molecule has 0 bridgehead atoms. The number of hydrogen-bond donors (Lipinski definition) is 5. The summed E-state index contributed by atoms with van der Waals surface area (Å²) in [7, 11) is 0. The molecule has 7 rings (SSSR count). The van der Waals surface area contributed by atoms with Crippen molar-refractivity contribution >= 4 is 29.8 Å². The van der Waals surface area contributed by atoms with E-state index in [0.717, 1.165) is 38.5 Å². The number of aromatic amines is 3. The third-order valence-corrected chi connectivity index (χ3v) is 14.1. The lowest BCUT2D eigenvalue weighted by atomic mass is 9.34. The molecule has 228 valence electrons. The molecule has 3 unspecified atom stereocenters. The highest BCUT2D eigenvalue weighted by Gasteiger charge is 2.67. The van der Waals surface area contributed by atoms with Crippen LogP contribution in [0.1, 0.15) is 105 Å². The number of nitrogen functional groups attached to an aromatic ring is 1. The second-order valence-corrected chi connectivity index (χ2v) is 17.2. The van der Waals surface area contributed by atoms with E-state index in [2.05, 4.69) is 80.3 Å². The largest absolute Gasteiger partial charge is 0.382 e. The summed E-state index contributed by atoms with van der Waals surface area (Å²) in [6.07, 6.45) is 11.7. The lowest BCUT2D eigenvalue weighted by Crippen LogP contribution is -2.64. The first-order valence-electron chi connectivity index (χ1n) is 16.2. The van der Waals surface area contributed by atoms with Gasteiger partial charge in [-0.2, -0.15) is 5.10 Å². The molecule has 2 aromatic heterocycles.